The Hall–Kier alpha value is -7.23. The first-order valence-electron chi connectivity index (χ1n) is 21.1. The van der Waals surface area contributed by atoms with Gasteiger partial charge in [0.15, 0.2) is 0 Å². The van der Waals surface area contributed by atoms with Crippen LogP contribution in [0.2, 0.25) is 0 Å². The van der Waals surface area contributed by atoms with Gasteiger partial charge in [-0.3, -0.25) is 0 Å². The van der Waals surface area contributed by atoms with Crippen LogP contribution in [-0.4, -0.2) is 0 Å². The van der Waals surface area contributed by atoms with E-state index < -0.39 is 11.7 Å². The lowest BCUT2D eigenvalue weighted by Crippen LogP contribution is -2.10. The summed E-state index contributed by atoms with van der Waals surface area (Å²) in [6.45, 7) is 6.71. The molecule has 298 valence electrons. The maximum Gasteiger partial charge on any atom is 0.416 e. The monoisotopic (exact) mass is 806 g/mol. The van der Waals surface area contributed by atoms with Crippen molar-refractivity contribution >= 4 is 64.6 Å². The third-order valence-electron chi connectivity index (χ3n) is 12.8. The first-order valence-corrected chi connectivity index (χ1v) is 21.1. The molecule has 0 aliphatic carbocycles. The number of halogens is 3. The third kappa shape index (κ3) is 6.22. The number of hydrogen-bond donors (Lipinski definition) is 0. The summed E-state index contributed by atoms with van der Waals surface area (Å²) in [5.74, 6) is 0. The smallest absolute Gasteiger partial charge is 0.166 e. The summed E-state index contributed by atoms with van der Waals surface area (Å²) < 4.78 is 42.5. The van der Waals surface area contributed by atoms with E-state index in [1.165, 1.54) is 33.9 Å². The molecule has 3 heteroatoms. The lowest BCUT2D eigenvalue weighted by Gasteiger charge is -2.22. The van der Waals surface area contributed by atoms with Crippen LogP contribution in [0.1, 0.15) is 31.9 Å². The molecule has 0 radical (unpaired) electrons. The molecule has 0 saturated carbocycles. The molecule has 11 aromatic rings. The summed E-state index contributed by atoms with van der Waals surface area (Å²) in [5.41, 5.74) is 8.44. The fourth-order valence-corrected chi connectivity index (χ4v) is 9.73. The van der Waals surface area contributed by atoms with Crippen molar-refractivity contribution in [3.05, 3.63) is 205 Å². The van der Waals surface area contributed by atoms with Crippen molar-refractivity contribution in [2.45, 2.75) is 32.4 Å². The van der Waals surface area contributed by atoms with E-state index in [-0.39, 0.29) is 5.41 Å². The summed E-state index contributed by atoms with van der Waals surface area (Å²) in [7, 11) is 0. The maximum atomic E-state index is 14.2. The average Bonchev–Trinajstić information content (AvgIpc) is 3.29. The highest BCUT2D eigenvalue weighted by atomic mass is 19.4. The zero-order valence-corrected chi connectivity index (χ0v) is 34.6. The van der Waals surface area contributed by atoms with Crippen molar-refractivity contribution in [3.63, 3.8) is 0 Å². The van der Waals surface area contributed by atoms with Crippen LogP contribution in [-0.2, 0) is 11.6 Å². The summed E-state index contributed by atoms with van der Waals surface area (Å²) >= 11 is 0. The summed E-state index contributed by atoms with van der Waals surface area (Å²) in [4.78, 5) is 0. The van der Waals surface area contributed by atoms with Crippen LogP contribution in [0.15, 0.2) is 194 Å². The number of benzene rings is 11. The van der Waals surface area contributed by atoms with Crippen LogP contribution < -0.4 is 0 Å². The number of fused-ring (bicyclic) bond motifs is 8. The van der Waals surface area contributed by atoms with E-state index in [2.05, 4.69) is 185 Å². The fourth-order valence-electron chi connectivity index (χ4n) is 9.73. The summed E-state index contributed by atoms with van der Waals surface area (Å²) in [6.07, 6.45) is -4.46. The van der Waals surface area contributed by atoms with Gasteiger partial charge in [0.1, 0.15) is 0 Å². The minimum Gasteiger partial charge on any atom is -0.166 e. The van der Waals surface area contributed by atoms with Crippen LogP contribution in [0, 0.1) is 0 Å². The molecular weight excluding hydrogens is 766 g/mol. The Morgan fingerprint density at radius 2 is 0.710 bits per heavy atom. The molecule has 11 rings (SSSR count). The van der Waals surface area contributed by atoms with E-state index >= 15 is 0 Å². The third-order valence-corrected chi connectivity index (χ3v) is 12.8. The molecule has 0 spiro atoms. The van der Waals surface area contributed by atoms with Gasteiger partial charge < -0.3 is 0 Å². The second-order valence-electron chi connectivity index (χ2n) is 17.6. The molecule has 0 aliphatic rings. The zero-order valence-electron chi connectivity index (χ0n) is 34.6. The van der Waals surface area contributed by atoms with Gasteiger partial charge in [0.05, 0.1) is 5.56 Å². The Balaban J connectivity index is 1.33. The van der Waals surface area contributed by atoms with Crippen LogP contribution in [0.5, 0.6) is 0 Å². The van der Waals surface area contributed by atoms with E-state index in [1.807, 2.05) is 6.07 Å². The van der Waals surface area contributed by atoms with Crippen molar-refractivity contribution in [2.75, 3.05) is 0 Å². The Bertz CT molecular complexity index is 3590. The van der Waals surface area contributed by atoms with E-state index in [0.29, 0.717) is 5.56 Å². The van der Waals surface area contributed by atoms with E-state index in [4.69, 9.17) is 0 Å². The number of alkyl halides is 3. The van der Waals surface area contributed by atoms with Gasteiger partial charge in [-0.2, -0.15) is 13.2 Å². The van der Waals surface area contributed by atoms with Crippen molar-refractivity contribution < 1.29 is 13.2 Å². The fraction of sp³-hybridized carbons (Fsp3) is 0.0847. The standard InChI is InChI=1S/C59H41F3/c1-58(2,3)42-27-23-36(24-28-42)38-25-29-50-54(32-38)56(52-34-40-13-4-6-17-44(40)46-19-8-10-21-48(46)52)51-30-26-39(37-15-12-16-43(31-37)59(60,61)62)33-55(51)57(50)53-35-41-14-5-7-18-45(41)47-20-9-11-22-49(47)53/h4-35H,1-3H3. The lowest BCUT2D eigenvalue weighted by atomic mass is 9.81. The molecule has 62 heavy (non-hydrogen) atoms. The molecule has 0 bridgehead atoms. The quantitative estimate of drug-likeness (QED) is 0.123. The van der Waals surface area contributed by atoms with Gasteiger partial charge >= 0.3 is 6.18 Å². The van der Waals surface area contributed by atoms with Gasteiger partial charge in [-0.05, 0) is 157 Å². The Morgan fingerprint density at radius 3 is 1.19 bits per heavy atom. The van der Waals surface area contributed by atoms with Gasteiger partial charge in [-0.25, -0.2) is 0 Å². The number of rotatable bonds is 4. The highest BCUT2D eigenvalue weighted by Gasteiger charge is 2.31. The van der Waals surface area contributed by atoms with Crippen molar-refractivity contribution in [3.8, 4) is 44.5 Å². The molecule has 0 aliphatic heterocycles. The maximum absolute atomic E-state index is 14.2. The largest absolute Gasteiger partial charge is 0.416 e. The normalized spacial score (nSPS) is 12.4. The minimum absolute atomic E-state index is 0.0234. The predicted molar refractivity (Wildman–Crippen MR) is 257 cm³/mol. The van der Waals surface area contributed by atoms with Gasteiger partial charge in [-0.1, -0.05) is 178 Å². The second kappa shape index (κ2) is 14.2. The van der Waals surface area contributed by atoms with E-state index in [0.717, 1.165) is 93.5 Å². The SMILES string of the molecule is CC(C)(C)c1ccc(-c2ccc3c(-c4cc5ccccc5c5ccccc45)c4cc(-c5cccc(C(F)(F)F)c5)ccc4c(-c4cc5ccccc5c5ccccc45)c3c2)cc1. The molecule has 0 N–H and O–H groups in total. The summed E-state index contributed by atoms with van der Waals surface area (Å²) in [6, 6.07) is 66.6. The van der Waals surface area contributed by atoms with Crippen LogP contribution in [0.25, 0.3) is 109 Å². The lowest BCUT2D eigenvalue weighted by molar-refractivity contribution is -0.137. The Labute approximate surface area is 358 Å². The van der Waals surface area contributed by atoms with Crippen LogP contribution >= 0.6 is 0 Å². The highest BCUT2D eigenvalue weighted by molar-refractivity contribution is 6.29. The Morgan fingerprint density at radius 1 is 0.290 bits per heavy atom. The second-order valence-corrected chi connectivity index (χ2v) is 17.6. The zero-order chi connectivity index (χ0) is 42.3. The van der Waals surface area contributed by atoms with Crippen LogP contribution in [0.4, 0.5) is 13.2 Å². The van der Waals surface area contributed by atoms with Crippen LogP contribution in [0.3, 0.4) is 0 Å². The molecule has 0 unspecified atom stereocenters. The molecule has 11 aromatic carbocycles. The van der Waals surface area contributed by atoms with Crippen molar-refractivity contribution in [1.82, 2.24) is 0 Å². The molecule has 0 heterocycles. The van der Waals surface area contributed by atoms with E-state index in [1.54, 1.807) is 6.07 Å². The number of hydrogen-bond acceptors (Lipinski definition) is 0. The predicted octanol–water partition coefficient (Wildman–Crippen LogP) is 17.6. The van der Waals surface area contributed by atoms with Crippen molar-refractivity contribution in [1.29, 1.82) is 0 Å². The average molecular weight is 807 g/mol. The van der Waals surface area contributed by atoms with Gasteiger partial charge in [0.2, 0.25) is 0 Å². The minimum atomic E-state index is -4.46. The topological polar surface area (TPSA) is 0 Å². The van der Waals surface area contributed by atoms with Gasteiger partial charge in [0, 0.05) is 0 Å². The molecule has 0 fully saturated rings. The molecule has 0 nitrogen and oxygen atoms in total. The molecule has 0 aromatic heterocycles. The Kier molecular flexibility index (Phi) is 8.63. The van der Waals surface area contributed by atoms with Crippen molar-refractivity contribution in [2.24, 2.45) is 0 Å². The first-order chi connectivity index (χ1) is 30.0. The molecule has 0 atom stereocenters. The first kappa shape index (κ1) is 37.7. The molecule has 0 amide bonds. The molecular formula is C59H41F3. The van der Waals surface area contributed by atoms with Gasteiger partial charge in [0.25, 0.3) is 0 Å². The molecule has 0 saturated heterocycles. The van der Waals surface area contributed by atoms with Gasteiger partial charge in [-0.15, -0.1) is 0 Å². The highest BCUT2D eigenvalue weighted by Crippen LogP contribution is 2.50. The summed E-state index contributed by atoms with van der Waals surface area (Å²) in [5, 5.41) is 13.4. The van der Waals surface area contributed by atoms with E-state index in [9.17, 15) is 13.2 Å².